The van der Waals surface area contributed by atoms with Crippen LogP contribution in [0.25, 0.3) is 0 Å². The summed E-state index contributed by atoms with van der Waals surface area (Å²) in [6.07, 6.45) is 5.16. The van der Waals surface area contributed by atoms with Crippen LogP contribution in [0.4, 0.5) is 0 Å². The van der Waals surface area contributed by atoms with Gasteiger partial charge in [-0.05, 0) is 46.0 Å². The van der Waals surface area contributed by atoms with Crippen LogP contribution in [0.15, 0.2) is 11.6 Å². The minimum Gasteiger partial charge on any atom is -0.292 e. The van der Waals surface area contributed by atoms with Crippen molar-refractivity contribution in [2.75, 3.05) is 6.54 Å². The zero-order valence-corrected chi connectivity index (χ0v) is 12.2. The van der Waals surface area contributed by atoms with Crippen molar-refractivity contribution >= 4 is 0 Å². The standard InChI is InChI=1S/C15H29N/c1-12(2)16(15(7)9-10-15)11-8-13(3)14(4,5)6/h8,12H,9-11H2,1-7H3/b13-8+. The van der Waals surface area contributed by atoms with E-state index in [4.69, 9.17) is 0 Å². The van der Waals surface area contributed by atoms with Gasteiger partial charge >= 0.3 is 0 Å². The Morgan fingerprint density at radius 1 is 1.31 bits per heavy atom. The molecule has 0 unspecified atom stereocenters. The molecule has 0 N–H and O–H groups in total. The predicted octanol–water partition coefficient (Wildman–Crippen LogP) is 4.24. The Balaban J connectivity index is 2.64. The van der Waals surface area contributed by atoms with Crippen LogP contribution in [0, 0.1) is 5.41 Å². The summed E-state index contributed by atoms with van der Waals surface area (Å²) < 4.78 is 0. The van der Waals surface area contributed by atoms with Gasteiger partial charge in [0.1, 0.15) is 0 Å². The third kappa shape index (κ3) is 3.35. The van der Waals surface area contributed by atoms with Crippen LogP contribution < -0.4 is 0 Å². The van der Waals surface area contributed by atoms with Gasteiger partial charge in [0, 0.05) is 18.1 Å². The maximum absolute atomic E-state index is 2.64. The van der Waals surface area contributed by atoms with Crippen LogP contribution in [-0.2, 0) is 0 Å². The highest BCUT2D eigenvalue weighted by Gasteiger charge is 2.43. The lowest BCUT2D eigenvalue weighted by molar-refractivity contribution is 0.165. The van der Waals surface area contributed by atoms with Crippen molar-refractivity contribution in [3.8, 4) is 0 Å². The Morgan fingerprint density at radius 3 is 2.12 bits per heavy atom. The number of hydrogen-bond acceptors (Lipinski definition) is 1. The van der Waals surface area contributed by atoms with E-state index >= 15 is 0 Å². The third-order valence-electron chi connectivity index (χ3n) is 4.07. The van der Waals surface area contributed by atoms with Gasteiger partial charge in [0.15, 0.2) is 0 Å². The van der Waals surface area contributed by atoms with E-state index in [9.17, 15) is 0 Å². The summed E-state index contributed by atoms with van der Waals surface area (Å²) in [4.78, 5) is 2.64. The number of hydrogen-bond donors (Lipinski definition) is 0. The fraction of sp³-hybridized carbons (Fsp3) is 0.867. The molecule has 1 nitrogen and oxygen atoms in total. The minimum absolute atomic E-state index is 0.313. The van der Waals surface area contributed by atoms with E-state index in [1.165, 1.54) is 18.4 Å². The molecular weight excluding hydrogens is 194 g/mol. The van der Waals surface area contributed by atoms with E-state index in [0.717, 1.165) is 6.54 Å². The summed E-state index contributed by atoms with van der Waals surface area (Å²) in [5.41, 5.74) is 2.30. The van der Waals surface area contributed by atoms with Gasteiger partial charge in [0.25, 0.3) is 0 Å². The number of allylic oxidation sites excluding steroid dienone is 1. The quantitative estimate of drug-likeness (QED) is 0.644. The first-order chi connectivity index (χ1) is 7.17. The van der Waals surface area contributed by atoms with Crippen molar-refractivity contribution in [3.63, 3.8) is 0 Å². The molecule has 1 aliphatic carbocycles. The molecule has 0 amide bonds. The van der Waals surface area contributed by atoms with E-state index in [1.807, 2.05) is 0 Å². The normalized spacial score (nSPS) is 20.7. The van der Waals surface area contributed by atoms with Crippen LogP contribution in [0.5, 0.6) is 0 Å². The average molecular weight is 223 g/mol. The van der Waals surface area contributed by atoms with Gasteiger partial charge in [-0.3, -0.25) is 4.90 Å². The molecule has 16 heavy (non-hydrogen) atoms. The minimum atomic E-state index is 0.313. The van der Waals surface area contributed by atoms with Crippen molar-refractivity contribution in [2.45, 2.75) is 72.9 Å². The number of nitrogens with zero attached hydrogens (tertiary/aromatic N) is 1. The van der Waals surface area contributed by atoms with Gasteiger partial charge in [0.2, 0.25) is 0 Å². The molecule has 1 rings (SSSR count). The predicted molar refractivity (Wildman–Crippen MR) is 72.7 cm³/mol. The topological polar surface area (TPSA) is 3.24 Å². The summed E-state index contributed by atoms with van der Waals surface area (Å²) in [5.74, 6) is 0. The molecule has 1 heteroatoms. The lowest BCUT2D eigenvalue weighted by Gasteiger charge is -2.33. The molecule has 0 aliphatic heterocycles. The van der Waals surface area contributed by atoms with Crippen molar-refractivity contribution in [3.05, 3.63) is 11.6 Å². The van der Waals surface area contributed by atoms with Gasteiger partial charge in [-0.2, -0.15) is 0 Å². The van der Waals surface area contributed by atoms with Crippen LogP contribution in [0.1, 0.15) is 61.3 Å². The van der Waals surface area contributed by atoms with E-state index in [-0.39, 0.29) is 0 Å². The summed E-state index contributed by atoms with van der Waals surface area (Å²) in [6, 6.07) is 0.650. The largest absolute Gasteiger partial charge is 0.292 e. The maximum Gasteiger partial charge on any atom is 0.0188 e. The summed E-state index contributed by atoms with van der Waals surface area (Å²) >= 11 is 0. The van der Waals surface area contributed by atoms with Crippen molar-refractivity contribution < 1.29 is 0 Å². The van der Waals surface area contributed by atoms with Crippen LogP contribution in [0.3, 0.4) is 0 Å². The zero-order valence-electron chi connectivity index (χ0n) is 12.2. The molecule has 0 atom stereocenters. The molecule has 0 heterocycles. The second-order valence-electron chi connectivity index (χ2n) is 6.88. The number of rotatable bonds is 4. The van der Waals surface area contributed by atoms with E-state index in [0.29, 0.717) is 17.0 Å². The highest BCUT2D eigenvalue weighted by atomic mass is 15.2. The molecule has 1 saturated carbocycles. The molecule has 0 bridgehead atoms. The van der Waals surface area contributed by atoms with Crippen LogP contribution in [0.2, 0.25) is 0 Å². The molecule has 0 aromatic heterocycles. The maximum atomic E-state index is 2.64. The first kappa shape index (κ1) is 13.8. The molecular formula is C15H29N. The molecule has 94 valence electrons. The zero-order chi connectivity index (χ0) is 12.6. The smallest absolute Gasteiger partial charge is 0.0188 e. The van der Waals surface area contributed by atoms with Gasteiger partial charge in [-0.15, -0.1) is 0 Å². The molecule has 1 fully saturated rings. The Bertz CT molecular complexity index is 264. The van der Waals surface area contributed by atoms with Crippen molar-refractivity contribution in [2.24, 2.45) is 5.41 Å². The molecule has 0 saturated heterocycles. The Labute approximate surface area is 102 Å². The van der Waals surface area contributed by atoms with Gasteiger partial charge in [0.05, 0.1) is 0 Å². The van der Waals surface area contributed by atoms with Gasteiger partial charge < -0.3 is 0 Å². The monoisotopic (exact) mass is 223 g/mol. The average Bonchev–Trinajstić information content (AvgIpc) is 2.82. The lowest BCUT2D eigenvalue weighted by Crippen LogP contribution is -2.40. The van der Waals surface area contributed by atoms with Crippen molar-refractivity contribution in [1.82, 2.24) is 4.90 Å². The third-order valence-corrected chi connectivity index (χ3v) is 4.07. The molecule has 0 radical (unpaired) electrons. The van der Waals surface area contributed by atoms with Crippen LogP contribution >= 0.6 is 0 Å². The molecule has 0 aromatic rings. The lowest BCUT2D eigenvalue weighted by atomic mass is 9.87. The van der Waals surface area contributed by atoms with E-state index in [2.05, 4.69) is 59.4 Å². The molecule has 0 aromatic carbocycles. The van der Waals surface area contributed by atoms with Gasteiger partial charge in [-0.25, -0.2) is 0 Å². The molecule has 1 aliphatic rings. The summed E-state index contributed by atoms with van der Waals surface area (Å²) in [5, 5.41) is 0. The summed E-state index contributed by atoms with van der Waals surface area (Å²) in [6.45, 7) is 17.2. The van der Waals surface area contributed by atoms with Crippen LogP contribution in [-0.4, -0.2) is 23.0 Å². The fourth-order valence-electron chi connectivity index (χ4n) is 2.06. The highest BCUT2D eigenvalue weighted by Crippen LogP contribution is 2.42. The van der Waals surface area contributed by atoms with Crippen molar-refractivity contribution in [1.29, 1.82) is 0 Å². The Hall–Kier alpha value is -0.300. The second kappa shape index (κ2) is 4.52. The first-order valence-corrected chi connectivity index (χ1v) is 6.61. The first-order valence-electron chi connectivity index (χ1n) is 6.61. The summed E-state index contributed by atoms with van der Waals surface area (Å²) in [7, 11) is 0. The second-order valence-corrected chi connectivity index (χ2v) is 6.88. The van der Waals surface area contributed by atoms with E-state index < -0.39 is 0 Å². The van der Waals surface area contributed by atoms with E-state index in [1.54, 1.807) is 0 Å². The Morgan fingerprint density at radius 2 is 1.81 bits per heavy atom. The Kier molecular flexibility index (Phi) is 3.89. The SMILES string of the molecule is C/C(=C\CN(C(C)C)C1(C)CC1)C(C)(C)C. The fourth-order valence-corrected chi connectivity index (χ4v) is 2.06. The molecule has 0 spiro atoms. The highest BCUT2D eigenvalue weighted by molar-refractivity contribution is 5.11. The van der Waals surface area contributed by atoms with Gasteiger partial charge in [-0.1, -0.05) is 32.4 Å².